The van der Waals surface area contributed by atoms with E-state index < -0.39 is 28.2 Å². The van der Waals surface area contributed by atoms with Gasteiger partial charge >= 0.3 is 12.3 Å². The average Bonchev–Trinajstić information content (AvgIpc) is 2.54. The Morgan fingerprint density at radius 1 is 1.15 bits per heavy atom. The van der Waals surface area contributed by atoms with Gasteiger partial charge in [-0.1, -0.05) is 47.3 Å². The van der Waals surface area contributed by atoms with E-state index in [2.05, 4.69) is 10.1 Å². The van der Waals surface area contributed by atoms with Gasteiger partial charge in [-0.05, 0) is 43.6 Å². The summed E-state index contributed by atoms with van der Waals surface area (Å²) in [5.74, 6) is 0. The molecule has 1 amide bonds. The van der Waals surface area contributed by atoms with Gasteiger partial charge in [0.1, 0.15) is 6.61 Å². The van der Waals surface area contributed by atoms with Gasteiger partial charge in [0, 0.05) is 12.2 Å². The van der Waals surface area contributed by atoms with Crippen LogP contribution in [-0.4, -0.2) is 34.5 Å². The third-order valence-electron chi connectivity index (χ3n) is 3.87. The van der Waals surface area contributed by atoms with Gasteiger partial charge in [0.25, 0.3) is 0 Å². The first-order valence-corrected chi connectivity index (χ1v) is 9.11. The van der Waals surface area contributed by atoms with Crippen molar-refractivity contribution in [3.05, 3.63) is 29.3 Å². The number of anilines is 1. The minimum absolute atomic E-state index is 0.0472. The molecule has 0 aromatic heterocycles. The molecule has 0 spiro atoms. The number of nitrogens with one attached hydrogen (secondary N) is 1. The van der Waals surface area contributed by atoms with Gasteiger partial charge in [0.2, 0.25) is 3.79 Å². The van der Waals surface area contributed by atoms with Crippen LogP contribution in [0.5, 0.6) is 0 Å². The molecule has 0 atom stereocenters. The lowest BCUT2D eigenvalue weighted by atomic mass is 10.0. The van der Waals surface area contributed by atoms with Crippen LogP contribution in [0.25, 0.3) is 0 Å². The maximum Gasteiger partial charge on any atom is 0.416 e. The lowest BCUT2D eigenvalue weighted by Gasteiger charge is -2.27. The van der Waals surface area contributed by atoms with E-state index in [1.54, 1.807) is 0 Å². The molecule has 1 N–H and O–H groups in total. The van der Waals surface area contributed by atoms with E-state index in [0.29, 0.717) is 0 Å². The maximum atomic E-state index is 13.4. The number of rotatable bonds is 4. The van der Waals surface area contributed by atoms with Crippen molar-refractivity contribution in [2.24, 2.45) is 0 Å². The minimum atomic E-state index is -4.54. The topological polar surface area (TPSA) is 41.6 Å². The zero-order chi connectivity index (χ0) is 19.4. The quantitative estimate of drug-likeness (QED) is 0.628. The van der Waals surface area contributed by atoms with E-state index in [1.165, 1.54) is 12.1 Å². The highest BCUT2D eigenvalue weighted by Gasteiger charge is 2.34. The van der Waals surface area contributed by atoms with Crippen molar-refractivity contribution in [3.63, 3.8) is 0 Å². The number of hydrogen-bond acceptors (Lipinski definition) is 3. The Morgan fingerprint density at radius 3 is 2.38 bits per heavy atom. The smallest absolute Gasteiger partial charge is 0.416 e. The van der Waals surface area contributed by atoms with Crippen LogP contribution < -0.4 is 5.32 Å². The SMILES string of the molecule is O=C(Nc1ccc(CN2CCCCC2)c(C(F)(F)F)c1)OCC(Cl)(Cl)Cl. The van der Waals surface area contributed by atoms with E-state index in [1.807, 2.05) is 4.90 Å². The van der Waals surface area contributed by atoms with Crippen molar-refractivity contribution in [3.8, 4) is 0 Å². The van der Waals surface area contributed by atoms with E-state index in [9.17, 15) is 18.0 Å². The summed E-state index contributed by atoms with van der Waals surface area (Å²) in [5.41, 5.74) is -0.670. The number of halogens is 6. The third-order valence-corrected chi connectivity index (χ3v) is 4.20. The van der Waals surface area contributed by atoms with Crippen LogP contribution >= 0.6 is 34.8 Å². The van der Waals surface area contributed by atoms with Crippen LogP contribution in [0, 0.1) is 0 Å². The van der Waals surface area contributed by atoms with Crippen molar-refractivity contribution >= 4 is 46.6 Å². The van der Waals surface area contributed by atoms with Gasteiger partial charge in [-0.3, -0.25) is 10.2 Å². The van der Waals surface area contributed by atoms with Crippen LogP contribution in [0.4, 0.5) is 23.7 Å². The highest BCUT2D eigenvalue weighted by atomic mass is 35.6. The number of amides is 1. The van der Waals surface area contributed by atoms with E-state index >= 15 is 0 Å². The molecule has 0 unspecified atom stereocenters. The molecule has 1 fully saturated rings. The number of nitrogens with zero attached hydrogens (tertiary/aromatic N) is 1. The van der Waals surface area contributed by atoms with Gasteiger partial charge < -0.3 is 4.74 Å². The molecule has 2 rings (SSSR count). The number of hydrogen-bond donors (Lipinski definition) is 1. The summed E-state index contributed by atoms with van der Waals surface area (Å²) in [7, 11) is 0. The first-order valence-electron chi connectivity index (χ1n) is 7.97. The number of likely N-dealkylation sites (tertiary alicyclic amines) is 1. The zero-order valence-electron chi connectivity index (χ0n) is 13.7. The lowest BCUT2D eigenvalue weighted by Crippen LogP contribution is -2.30. The van der Waals surface area contributed by atoms with Crippen LogP contribution in [0.3, 0.4) is 0 Å². The summed E-state index contributed by atoms with van der Waals surface area (Å²) in [6, 6.07) is 3.64. The van der Waals surface area contributed by atoms with Gasteiger partial charge in [0.15, 0.2) is 0 Å². The van der Waals surface area contributed by atoms with E-state index in [4.69, 9.17) is 34.8 Å². The van der Waals surface area contributed by atoms with Crippen molar-refractivity contribution < 1.29 is 22.7 Å². The highest BCUT2D eigenvalue weighted by molar-refractivity contribution is 6.67. The second-order valence-electron chi connectivity index (χ2n) is 6.02. The molecule has 1 aliphatic heterocycles. The van der Waals surface area contributed by atoms with Gasteiger partial charge in [-0.25, -0.2) is 4.79 Å². The highest BCUT2D eigenvalue weighted by Crippen LogP contribution is 2.35. The monoisotopic (exact) mass is 432 g/mol. The zero-order valence-corrected chi connectivity index (χ0v) is 16.0. The van der Waals surface area contributed by atoms with Gasteiger partial charge in [0.05, 0.1) is 5.56 Å². The summed E-state index contributed by atoms with van der Waals surface area (Å²) in [6.45, 7) is 1.25. The van der Waals surface area contributed by atoms with Crippen molar-refractivity contribution in [1.82, 2.24) is 4.90 Å². The van der Waals surface area contributed by atoms with Crippen LogP contribution in [0.15, 0.2) is 18.2 Å². The van der Waals surface area contributed by atoms with Crippen LogP contribution in [0.1, 0.15) is 30.4 Å². The molecular formula is C16H18Cl3F3N2O2. The molecule has 26 heavy (non-hydrogen) atoms. The Morgan fingerprint density at radius 2 is 1.81 bits per heavy atom. The average molecular weight is 434 g/mol. The summed E-state index contributed by atoms with van der Waals surface area (Å²) >= 11 is 16.4. The standard InChI is InChI=1S/C16H18Cl3F3N2O2/c17-15(18,19)10-26-14(25)23-12-5-4-11(13(8-12)16(20,21)22)9-24-6-2-1-3-7-24/h4-5,8H,1-3,6-7,9-10H2,(H,23,25). The maximum absolute atomic E-state index is 13.4. The molecule has 1 aliphatic rings. The Balaban J connectivity index is 2.10. The van der Waals surface area contributed by atoms with Crippen molar-refractivity contribution in [1.29, 1.82) is 0 Å². The molecular weight excluding hydrogens is 416 g/mol. The Labute approximate surface area is 164 Å². The number of ether oxygens (including phenoxy) is 1. The summed E-state index contributed by atoms with van der Waals surface area (Å²) in [4.78, 5) is 13.6. The molecule has 0 radical (unpaired) electrons. The number of carbonyl (C=O) groups excluding carboxylic acids is 1. The van der Waals surface area contributed by atoms with E-state index in [-0.39, 0.29) is 17.8 Å². The van der Waals surface area contributed by atoms with Gasteiger partial charge in [-0.15, -0.1) is 0 Å². The Hall–Kier alpha value is -0.890. The summed E-state index contributed by atoms with van der Waals surface area (Å²) in [6.07, 6.45) is -2.48. The molecule has 1 aromatic rings. The summed E-state index contributed by atoms with van der Waals surface area (Å²) < 4.78 is 43.1. The second-order valence-corrected chi connectivity index (χ2v) is 8.54. The fourth-order valence-electron chi connectivity index (χ4n) is 2.72. The van der Waals surface area contributed by atoms with Crippen LogP contribution in [-0.2, 0) is 17.5 Å². The second kappa shape index (κ2) is 8.87. The number of benzene rings is 1. The molecule has 146 valence electrons. The number of alkyl halides is 6. The van der Waals surface area contributed by atoms with E-state index in [0.717, 1.165) is 38.4 Å². The first kappa shape index (κ1) is 21.4. The lowest BCUT2D eigenvalue weighted by molar-refractivity contribution is -0.138. The molecule has 0 saturated carbocycles. The van der Waals surface area contributed by atoms with Crippen molar-refractivity contribution in [2.45, 2.75) is 35.8 Å². The fourth-order valence-corrected chi connectivity index (χ4v) is 2.88. The van der Waals surface area contributed by atoms with Crippen molar-refractivity contribution in [2.75, 3.05) is 25.0 Å². The number of piperidine rings is 1. The minimum Gasteiger partial charge on any atom is -0.445 e. The first-order chi connectivity index (χ1) is 12.0. The Kier molecular flexibility index (Phi) is 7.30. The predicted octanol–water partition coefficient (Wildman–Crippen LogP) is 5.61. The fraction of sp³-hybridized carbons (Fsp3) is 0.562. The summed E-state index contributed by atoms with van der Waals surface area (Å²) in [5, 5.41) is 2.21. The molecule has 0 aliphatic carbocycles. The molecule has 0 bridgehead atoms. The van der Waals surface area contributed by atoms with Crippen LogP contribution in [0.2, 0.25) is 0 Å². The Bertz CT molecular complexity index is 630. The third kappa shape index (κ3) is 7.02. The number of carbonyl (C=O) groups is 1. The normalized spacial score (nSPS) is 16.4. The molecule has 4 nitrogen and oxygen atoms in total. The molecule has 10 heteroatoms. The molecule has 1 aromatic carbocycles. The van der Waals surface area contributed by atoms with Gasteiger partial charge in [-0.2, -0.15) is 13.2 Å². The molecule has 1 saturated heterocycles. The molecule has 1 heterocycles. The largest absolute Gasteiger partial charge is 0.445 e. The predicted molar refractivity (Wildman–Crippen MR) is 95.8 cm³/mol.